The minimum absolute atomic E-state index is 0.0525. The number of para-hydroxylation sites is 1. The third kappa shape index (κ3) is 1.82. The van der Waals surface area contributed by atoms with Crippen molar-refractivity contribution in [3.05, 3.63) is 41.6 Å². The first-order chi connectivity index (χ1) is 7.72. The van der Waals surface area contributed by atoms with Crippen LogP contribution in [0.5, 0.6) is 0 Å². The third-order valence-corrected chi connectivity index (χ3v) is 2.71. The van der Waals surface area contributed by atoms with Crippen molar-refractivity contribution in [2.24, 2.45) is 5.92 Å². The van der Waals surface area contributed by atoms with Crippen molar-refractivity contribution in [1.29, 1.82) is 5.26 Å². The van der Waals surface area contributed by atoms with Gasteiger partial charge in [0.15, 0.2) is 5.78 Å². The minimum atomic E-state index is 0.0525. The average Bonchev–Trinajstić information content (AvgIpc) is 2.62. The van der Waals surface area contributed by atoms with E-state index in [2.05, 4.69) is 11.4 Å². The van der Waals surface area contributed by atoms with E-state index in [1.807, 2.05) is 19.1 Å². The summed E-state index contributed by atoms with van der Waals surface area (Å²) in [5, 5.41) is 11.9. The van der Waals surface area contributed by atoms with Gasteiger partial charge in [0.2, 0.25) is 0 Å². The molecule has 1 atom stereocenters. The monoisotopic (exact) mass is 212 g/mol. The molecule has 0 bridgehead atoms. The standard InChI is InChI=1S/C13H12N2O/c1-9-6-7-12(13(9)16)15-11-5-3-2-4-10(11)8-14/h2-5,7,9,15H,6H2,1H3. The SMILES string of the molecule is CC1CC=C(Nc2ccccc2C#N)C1=O. The first-order valence-electron chi connectivity index (χ1n) is 5.23. The molecular weight excluding hydrogens is 200 g/mol. The third-order valence-electron chi connectivity index (χ3n) is 2.71. The number of nitrogens with zero attached hydrogens (tertiary/aromatic N) is 1. The summed E-state index contributed by atoms with van der Waals surface area (Å²) in [5.41, 5.74) is 1.85. The summed E-state index contributed by atoms with van der Waals surface area (Å²) in [6.45, 7) is 1.91. The molecule has 0 saturated heterocycles. The predicted molar refractivity (Wildman–Crippen MR) is 61.7 cm³/mol. The number of nitriles is 1. The van der Waals surface area contributed by atoms with Crippen molar-refractivity contribution in [2.75, 3.05) is 5.32 Å². The molecule has 0 aliphatic heterocycles. The number of anilines is 1. The number of nitrogens with one attached hydrogen (secondary N) is 1. The van der Waals surface area contributed by atoms with Crippen LogP contribution >= 0.6 is 0 Å². The maximum atomic E-state index is 11.7. The molecule has 1 aliphatic rings. The van der Waals surface area contributed by atoms with Crippen LogP contribution in [0.1, 0.15) is 18.9 Å². The van der Waals surface area contributed by atoms with Crippen molar-refractivity contribution >= 4 is 11.5 Å². The van der Waals surface area contributed by atoms with Crippen LogP contribution < -0.4 is 5.32 Å². The van der Waals surface area contributed by atoms with Crippen LogP contribution in [-0.4, -0.2) is 5.78 Å². The summed E-state index contributed by atoms with van der Waals surface area (Å²) in [5.74, 6) is 0.171. The van der Waals surface area contributed by atoms with E-state index >= 15 is 0 Å². The van der Waals surface area contributed by atoms with Crippen molar-refractivity contribution in [3.63, 3.8) is 0 Å². The largest absolute Gasteiger partial charge is 0.352 e. The Labute approximate surface area is 94.4 Å². The fourth-order valence-electron chi connectivity index (χ4n) is 1.72. The number of hydrogen-bond acceptors (Lipinski definition) is 3. The number of carbonyl (C=O) groups excluding carboxylic acids is 1. The molecule has 2 rings (SSSR count). The molecule has 0 spiro atoms. The van der Waals surface area contributed by atoms with Gasteiger partial charge >= 0.3 is 0 Å². The number of ketones is 1. The molecule has 0 saturated carbocycles. The second kappa shape index (κ2) is 4.19. The lowest BCUT2D eigenvalue weighted by atomic mass is 10.1. The Morgan fingerprint density at radius 1 is 1.44 bits per heavy atom. The molecule has 3 heteroatoms. The van der Waals surface area contributed by atoms with Crippen LogP contribution in [0, 0.1) is 17.2 Å². The number of Topliss-reactive ketones (excluding diaryl/α,β-unsaturated/α-hetero) is 1. The van der Waals surface area contributed by atoms with Crippen molar-refractivity contribution < 1.29 is 4.79 Å². The molecule has 1 N–H and O–H groups in total. The highest BCUT2D eigenvalue weighted by atomic mass is 16.1. The van der Waals surface area contributed by atoms with E-state index in [0.29, 0.717) is 16.9 Å². The van der Waals surface area contributed by atoms with Crippen molar-refractivity contribution in [1.82, 2.24) is 0 Å². The Morgan fingerprint density at radius 3 is 2.81 bits per heavy atom. The van der Waals surface area contributed by atoms with Gasteiger partial charge in [0.25, 0.3) is 0 Å². The Bertz CT molecular complexity index is 497. The molecule has 1 aromatic carbocycles. The number of rotatable bonds is 2. The number of allylic oxidation sites excluding steroid dienone is 2. The van der Waals surface area contributed by atoms with E-state index < -0.39 is 0 Å². The molecule has 16 heavy (non-hydrogen) atoms. The Morgan fingerprint density at radius 2 is 2.19 bits per heavy atom. The lowest BCUT2D eigenvalue weighted by molar-refractivity contribution is -0.117. The summed E-state index contributed by atoms with van der Waals surface area (Å²) >= 11 is 0. The normalized spacial score (nSPS) is 19.1. The van der Waals surface area contributed by atoms with Crippen LogP contribution in [0.15, 0.2) is 36.0 Å². The van der Waals surface area contributed by atoms with Gasteiger partial charge in [-0.05, 0) is 18.6 Å². The Hall–Kier alpha value is -2.08. The van der Waals surface area contributed by atoms with E-state index in [4.69, 9.17) is 5.26 Å². The van der Waals surface area contributed by atoms with Crippen molar-refractivity contribution in [3.8, 4) is 6.07 Å². The molecular formula is C13H12N2O. The molecule has 1 aliphatic carbocycles. The van der Waals surface area contributed by atoms with Crippen LogP contribution in [0.4, 0.5) is 5.69 Å². The van der Waals surface area contributed by atoms with Gasteiger partial charge in [-0.3, -0.25) is 4.79 Å². The summed E-state index contributed by atoms with van der Waals surface area (Å²) in [4.78, 5) is 11.7. The molecule has 0 aromatic heterocycles. The van der Waals surface area contributed by atoms with Gasteiger partial charge in [-0.1, -0.05) is 25.1 Å². The summed E-state index contributed by atoms with van der Waals surface area (Å²) < 4.78 is 0. The molecule has 1 unspecified atom stereocenters. The molecule has 1 aromatic rings. The van der Waals surface area contributed by atoms with Gasteiger partial charge in [0, 0.05) is 5.92 Å². The molecule has 0 fully saturated rings. The zero-order valence-corrected chi connectivity index (χ0v) is 9.03. The first-order valence-corrected chi connectivity index (χ1v) is 5.23. The molecule has 3 nitrogen and oxygen atoms in total. The van der Waals surface area contributed by atoms with E-state index in [1.165, 1.54) is 0 Å². The van der Waals surface area contributed by atoms with Gasteiger partial charge in [0.05, 0.1) is 16.9 Å². The quantitative estimate of drug-likeness (QED) is 0.819. The fraction of sp³-hybridized carbons (Fsp3) is 0.231. The average molecular weight is 212 g/mol. The molecule has 0 amide bonds. The number of hydrogen-bond donors (Lipinski definition) is 1. The summed E-state index contributed by atoms with van der Waals surface area (Å²) in [7, 11) is 0. The highest BCUT2D eigenvalue weighted by molar-refractivity contribution is 6.01. The smallest absolute Gasteiger partial charge is 0.181 e. The zero-order valence-electron chi connectivity index (χ0n) is 9.03. The predicted octanol–water partition coefficient (Wildman–Crippen LogP) is 2.46. The van der Waals surface area contributed by atoms with Crippen molar-refractivity contribution in [2.45, 2.75) is 13.3 Å². The minimum Gasteiger partial charge on any atom is -0.352 e. The van der Waals surface area contributed by atoms with E-state index in [9.17, 15) is 4.79 Å². The summed E-state index contributed by atoms with van der Waals surface area (Å²) in [6, 6.07) is 9.27. The lowest BCUT2D eigenvalue weighted by Crippen LogP contribution is -2.12. The van der Waals surface area contributed by atoms with Crippen LogP contribution in [0.2, 0.25) is 0 Å². The summed E-state index contributed by atoms with van der Waals surface area (Å²) in [6.07, 6.45) is 2.66. The maximum Gasteiger partial charge on any atom is 0.181 e. The number of benzene rings is 1. The van der Waals surface area contributed by atoms with Gasteiger partial charge < -0.3 is 5.32 Å². The van der Waals surface area contributed by atoms with Gasteiger partial charge in [-0.25, -0.2) is 0 Å². The zero-order chi connectivity index (χ0) is 11.5. The maximum absolute atomic E-state index is 11.7. The first kappa shape index (κ1) is 10.4. The highest BCUT2D eigenvalue weighted by Crippen LogP contribution is 2.23. The number of carbonyl (C=O) groups is 1. The van der Waals surface area contributed by atoms with Crippen LogP contribution in [0.25, 0.3) is 0 Å². The fourth-order valence-corrected chi connectivity index (χ4v) is 1.72. The lowest BCUT2D eigenvalue weighted by Gasteiger charge is -2.08. The van der Waals surface area contributed by atoms with Gasteiger partial charge in [0.1, 0.15) is 6.07 Å². The second-order valence-corrected chi connectivity index (χ2v) is 3.90. The molecule has 0 heterocycles. The van der Waals surface area contributed by atoms with E-state index in [0.717, 1.165) is 6.42 Å². The van der Waals surface area contributed by atoms with Crippen LogP contribution in [-0.2, 0) is 4.79 Å². The second-order valence-electron chi connectivity index (χ2n) is 3.90. The Kier molecular flexibility index (Phi) is 2.74. The molecule has 80 valence electrons. The van der Waals surface area contributed by atoms with E-state index in [-0.39, 0.29) is 11.7 Å². The highest BCUT2D eigenvalue weighted by Gasteiger charge is 2.23. The van der Waals surface area contributed by atoms with E-state index in [1.54, 1.807) is 18.2 Å². The topological polar surface area (TPSA) is 52.9 Å². The van der Waals surface area contributed by atoms with Crippen LogP contribution in [0.3, 0.4) is 0 Å². The molecule has 0 radical (unpaired) electrons. The van der Waals surface area contributed by atoms with Gasteiger partial charge in [-0.2, -0.15) is 5.26 Å². The van der Waals surface area contributed by atoms with Gasteiger partial charge in [-0.15, -0.1) is 0 Å². The Balaban J connectivity index is 2.23.